The van der Waals surface area contributed by atoms with Crippen molar-refractivity contribution in [2.45, 2.75) is 20.0 Å². The molecule has 0 spiro atoms. The van der Waals surface area contributed by atoms with Gasteiger partial charge in [0.25, 0.3) is 0 Å². The van der Waals surface area contributed by atoms with Crippen LogP contribution in [0.1, 0.15) is 18.3 Å². The van der Waals surface area contributed by atoms with E-state index in [-0.39, 0.29) is 21.5 Å². The molecule has 0 saturated heterocycles. The maximum Gasteiger partial charge on any atom is 0.160 e. The van der Waals surface area contributed by atoms with E-state index in [2.05, 4.69) is 20.6 Å². The van der Waals surface area contributed by atoms with Crippen molar-refractivity contribution in [1.82, 2.24) is 20.6 Å². The van der Waals surface area contributed by atoms with Crippen molar-refractivity contribution < 1.29 is 10.2 Å². The summed E-state index contributed by atoms with van der Waals surface area (Å²) >= 11 is 23.7. The highest BCUT2D eigenvalue weighted by Crippen LogP contribution is 2.37. The van der Waals surface area contributed by atoms with E-state index < -0.39 is 0 Å². The van der Waals surface area contributed by atoms with Gasteiger partial charge in [-0.15, -0.1) is 0 Å². The summed E-state index contributed by atoms with van der Waals surface area (Å²) in [5.41, 5.74) is 2.54. The number of aromatic nitrogens is 2. The summed E-state index contributed by atoms with van der Waals surface area (Å²) < 4.78 is 0. The van der Waals surface area contributed by atoms with Crippen LogP contribution >= 0.6 is 46.4 Å². The van der Waals surface area contributed by atoms with Crippen LogP contribution in [-0.4, -0.2) is 33.8 Å². The minimum absolute atomic E-state index is 0.0237. The monoisotopic (exact) mass is 526 g/mol. The molecule has 0 amide bonds. The zero-order valence-electron chi connectivity index (χ0n) is 17.9. The second-order valence-corrected chi connectivity index (χ2v) is 8.71. The van der Waals surface area contributed by atoms with Crippen molar-refractivity contribution in [2.75, 3.05) is 13.6 Å². The van der Waals surface area contributed by atoms with Crippen LogP contribution in [-0.2, 0) is 13.1 Å². The van der Waals surface area contributed by atoms with Gasteiger partial charge < -0.3 is 20.8 Å². The highest BCUT2D eigenvalue weighted by atomic mass is 35.5. The van der Waals surface area contributed by atoms with Gasteiger partial charge in [0, 0.05) is 23.9 Å². The minimum atomic E-state index is -0.0287. The minimum Gasteiger partial charge on any atom is -0.504 e. The van der Waals surface area contributed by atoms with E-state index in [0.717, 1.165) is 17.9 Å². The number of benzene rings is 2. The maximum absolute atomic E-state index is 9.86. The zero-order valence-corrected chi connectivity index (χ0v) is 20.9. The third-order valence-electron chi connectivity index (χ3n) is 4.74. The number of phenolic OH excluding ortho intramolecular Hbond substituents is 2. The number of nitrogens with zero attached hydrogens (tertiary/aromatic N) is 2. The Balaban J connectivity index is 0.000000186. The van der Waals surface area contributed by atoms with E-state index in [0.29, 0.717) is 44.9 Å². The van der Waals surface area contributed by atoms with Gasteiger partial charge in [0.2, 0.25) is 0 Å². The average molecular weight is 528 g/mol. The molecule has 0 fully saturated rings. The predicted octanol–water partition coefficient (Wildman–Crippen LogP) is 6.32. The van der Waals surface area contributed by atoms with Gasteiger partial charge >= 0.3 is 0 Å². The zero-order chi connectivity index (χ0) is 24.1. The van der Waals surface area contributed by atoms with Crippen molar-refractivity contribution in [3.63, 3.8) is 0 Å². The van der Waals surface area contributed by atoms with Crippen LogP contribution in [0.15, 0.2) is 36.4 Å². The van der Waals surface area contributed by atoms with Gasteiger partial charge in [-0.1, -0.05) is 53.3 Å². The lowest BCUT2D eigenvalue weighted by Crippen LogP contribution is -2.12. The first-order valence-electron chi connectivity index (χ1n) is 10.0. The van der Waals surface area contributed by atoms with Crippen LogP contribution in [0.2, 0.25) is 20.1 Å². The molecular weight excluding hydrogens is 506 g/mol. The molecule has 0 atom stereocenters. The quantitative estimate of drug-likeness (QED) is 0.242. The summed E-state index contributed by atoms with van der Waals surface area (Å²) in [6.07, 6.45) is 0. The molecule has 0 aliphatic carbocycles. The molecule has 4 N–H and O–H groups in total. The first kappa shape index (κ1) is 25.6. The molecule has 2 aromatic carbocycles. The van der Waals surface area contributed by atoms with Gasteiger partial charge in [-0.2, -0.15) is 0 Å². The number of hydrogen-bond acceptors (Lipinski definition) is 6. The van der Waals surface area contributed by atoms with E-state index in [1.165, 1.54) is 12.1 Å². The van der Waals surface area contributed by atoms with E-state index in [1.807, 2.05) is 38.2 Å². The van der Waals surface area contributed by atoms with E-state index >= 15 is 0 Å². The molecule has 0 saturated carbocycles. The molecule has 2 heterocycles. The number of rotatable bonds is 5. The topological polar surface area (TPSA) is 90.3 Å². The van der Waals surface area contributed by atoms with Crippen LogP contribution < -0.4 is 10.6 Å². The molecular formula is C23H22Cl4N4O2. The standard InChI is InChI=1S/C12H12Cl2N2O.C11H10Cl2N2O/c1-2-15-6-7-3-4-8-9(13)5-10(14)12(17)11(8)16-7;1-14-5-6-2-3-7-8(12)4-9(13)11(16)10(7)15-6/h3-5,15,17H,2,6H2,1H3;2-4,14,16H,5H2,1H3. The van der Waals surface area contributed by atoms with Crippen molar-refractivity contribution >= 4 is 68.2 Å². The van der Waals surface area contributed by atoms with Crippen LogP contribution in [0.3, 0.4) is 0 Å². The van der Waals surface area contributed by atoms with Gasteiger partial charge in [0.15, 0.2) is 11.5 Å². The van der Waals surface area contributed by atoms with Gasteiger partial charge in [-0.05, 0) is 50.0 Å². The summed E-state index contributed by atoms with van der Waals surface area (Å²) in [6.45, 7) is 4.16. The van der Waals surface area contributed by atoms with Crippen LogP contribution in [0.5, 0.6) is 11.5 Å². The molecule has 0 unspecified atom stereocenters. The lowest BCUT2D eigenvalue weighted by atomic mass is 10.2. The lowest BCUT2D eigenvalue weighted by Gasteiger charge is -2.07. The number of pyridine rings is 2. The third-order valence-corrected chi connectivity index (χ3v) is 5.94. The first-order valence-corrected chi connectivity index (χ1v) is 11.6. The highest BCUT2D eigenvalue weighted by molar-refractivity contribution is 6.40. The number of fused-ring (bicyclic) bond motifs is 2. The Morgan fingerprint density at radius 1 is 0.727 bits per heavy atom. The fourth-order valence-corrected chi connectivity index (χ4v) is 4.15. The molecule has 174 valence electrons. The normalized spacial score (nSPS) is 11.0. The van der Waals surface area contributed by atoms with Gasteiger partial charge in [-0.25, -0.2) is 9.97 Å². The number of halogens is 4. The Morgan fingerprint density at radius 3 is 1.61 bits per heavy atom. The molecule has 6 nitrogen and oxygen atoms in total. The van der Waals surface area contributed by atoms with Crippen molar-refractivity contribution in [2.24, 2.45) is 0 Å². The van der Waals surface area contributed by atoms with Gasteiger partial charge in [0.05, 0.1) is 31.5 Å². The molecule has 0 bridgehead atoms. The van der Waals surface area contributed by atoms with E-state index in [9.17, 15) is 10.2 Å². The lowest BCUT2D eigenvalue weighted by molar-refractivity contribution is 0.480. The molecule has 0 aliphatic heterocycles. The summed E-state index contributed by atoms with van der Waals surface area (Å²) in [5, 5.41) is 28.6. The second kappa shape index (κ2) is 11.4. The van der Waals surface area contributed by atoms with Gasteiger partial charge in [0.1, 0.15) is 11.0 Å². The Kier molecular flexibility index (Phi) is 8.82. The maximum atomic E-state index is 9.86. The van der Waals surface area contributed by atoms with Gasteiger partial charge in [-0.3, -0.25) is 0 Å². The molecule has 33 heavy (non-hydrogen) atoms. The van der Waals surface area contributed by atoms with Crippen molar-refractivity contribution in [1.29, 1.82) is 0 Å². The summed E-state index contributed by atoms with van der Waals surface area (Å²) in [6, 6.07) is 10.4. The fourth-order valence-electron chi connectivity index (χ4n) is 3.12. The number of nitrogens with one attached hydrogen (secondary N) is 2. The Bertz CT molecular complexity index is 1300. The molecule has 4 rings (SSSR count). The van der Waals surface area contributed by atoms with Crippen LogP contribution in [0.4, 0.5) is 0 Å². The summed E-state index contributed by atoms with van der Waals surface area (Å²) in [5.74, 6) is -0.0524. The van der Waals surface area contributed by atoms with E-state index in [1.54, 1.807) is 0 Å². The van der Waals surface area contributed by atoms with Crippen LogP contribution in [0.25, 0.3) is 21.8 Å². The van der Waals surface area contributed by atoms with E-state index in [4.69, 9.17) is 46.4 Å². The SMILES string of the molecule is CCNCc1ccc2c(Cl)cc(Cl)c(O)c2n1.CNCc1ccc2c(Cl)cc(Cl)c(O)c2n1. The predicted molar refractivity (Wildman–Crippen MR) is 137 cm³/mol. The first-order chi connectivity index (χ1) is 15.8. The molecule has 0 radical (unpaired) electrons. The highest BCUT2D eigenvalue weighted by Gasteiger charge is 2.12. The molecule has 2 aromatic heterocycles. The number of phenols is 2. The van der Waals surface area contributed by atoms with Crippen molar-refractivity contribution in [3.05, 3.63) is 67.9 Å². The molecule has 0 aliphatic rings. The van der Waals surface area contributed by atoms with Crippen LogP contribution in [0, 0.1) is 0 Å². The fraction of sp³-hybridized carbons (Fsp3) is 0.217. The number of hydrogen-bond donors (Lipinski definition) is 4. The molecule has 10 heteroatoms. The number of aromatic hydroxyl groups is 2. The largest absolute Gasteiger partial charge is 0.504 e. The smallest absolute Gasteiger partial charge is 0.160 e. The van der Waals surface area contributed by atoms with Crippen molar-refractivity contribution in [3.8, 4) is 11.5 Å². The third kappa shape index (κ3) is 5.90. The average Bonchev–Trinajstić information content (AvgIpc) is 2.80. The second-order valence-electron chi connectivity index (χ2n) is 7.09. The summed E-state index contributed by atoms with van der Waals surface area (Å²) in [7, 11) is 1.83. The Morgan fingerprint density at radius 2 is 1.18 bits per heavy atom. The summed E-state index contributed by atoms with van der Waals surface area (Å²) in [4.78, 5) is 8.66. The molecule has 4 aromatic rings. The Hall–Kier alpha value is -2.06. The Labute approximate surface area is 211 Å².